The fourth-order valence-corrected chi connectivity index (χ4v) is 2.65. The van der Waals surface area contributed by atoms with Gasteiger partial charge < -0.3 is 14.4 Å². The second-order valence-electron chi connectivity index (χ2n) is 6.40. The zero-order valence-corrected chi connectivity index (χ0v) is 17.4. The van der Waals surface area contributed by atoms with Crippen LogP contribution in [0.2, 0.25) is 0 Å². The van der Waals surface area contributed by atoms with Crippen LogP contribution in [0.5, 0.6) is 5.75 Å². The Bertz CT molecular complexity index is 836. The fourth-order valence-electron chi connectivity index (χ4n) is 2.65. The first kappa shape index (κ1) is 22.7. The Kier molecular flexibility index (Phi) is 8.68. The summed E-state index contributed by atoms with van der Waals surface area (Å²) in [7, 11) is 0. The first-order chi connectivity index (χ1) is 14.4. The molecular formula is C22H27N3O5. The number of nitrogens with one attached hydrogen (secondary N) is 2. The third-order valence-electron chi connectivity index (χ3n) is 4.31. The Balaban J connectivity index is 1.74. The number of hydrogen-bond donors (Lipinski definition) is 2. The van der Waals surface area contributed by atoms with Gasteiger partial charge in [-0.3, -0.25) is 20.4 Å². The normalized spacial score (nSPS) is 11.2. The van der Waals surface area contributed by atoms with Gasteiger partial charge in [0, 0.05) is 24.3 Å². The molecule has 0 heterocycles. The van der Waals surface area contributed by atoms with Crippen LogP contribution in [-0.2, 0) is 14.3 Å². The van der Waals surface area contributed by atoms with Gasteiger partial charge in [0.05, 0.1) is 0 Å². The molecule has 0 spiro atoms. The summed E-state index contributed by atoms with van der Waals surface area (Å²) in [6, 6.07) is 15.9. The average Bonchev–Trinajstić information content (AvgIpc) is 2.77. The molecule has 0 aliphatic heterocycles. The molecule has 8 heteroatoms. The van der Waals surface area contributed by atoms with Crippen LogP contribution in [0.25, 0.3) is 0 Å². The summed E-state index contributed by atoms with van der Waals surface area (Å²) in [4.78, 5) is 38.1. The molecule has 0 unspecified atom stereocenters. The molecule has 2 aromatic rings. The molecule has 0 saturated heterocycles. The number of ether oxygens (including phenoxy) is 2. The fraction of sp³-hybridized carbons (Fsp3) is 0.318. The van der Waals surface area contributed by atoms with Crippen LogP contribution in [0.15, 0.2) is 54.6 Å². The second-order valence-corrected chi connectivity index (χ2v) is 6.40. The summed E-state index contributed by atoms with van der Waals surface area (Å²) in [5.41, 5.74) is 5.92. The van der Waals surface area contributed by atoms with E-state index in [-0.39, 0.29) is 0 Å². The maximum atomic E-state index is 12.2. The van der Waals surface area contributed by atoms with Gasteiger partial charge in [0.25, 0.3) is 11.8 Å². The third-order valence-corrected chi connectivity index (χ3v) is 4.31. The summed E-state index contributed by atoms with van der Waals surface area (Å²) in [5, 5.41) is 0. The molecule has 160 valence electrons. The number of carbonyl (C=O) groups excluding carboxylic acids is 3. The molecule has 2 rings (SSSR count). The lowest BCUT2D eigenvalue weighted by atomic mass is 10.2. The van der Waals surface area contributed by atoms with Gasteiger partial charge in [0.15, 0.2) is 12.7 Å². The van der Waals surface area contributed by atoms with E-state index in [0.29, 0.717) is 11.3 Å². The Morgan fingerprint density at radius 2 is 1.57 bits per heavy atom. The van der Waals surface area contributed by atoms with Crippen molar-refractivity contribution in [2.24, 2.45) is 0 Å². The van der Waals surface area contributed by atoms with Gasteiger partial charge in [-0.25, -0.2) is 4.79 Å². The van der Waals surface area contributed by atoms with E-state index in [1.165, 1.54) is 6.92 Å². The number of esters is 1. The number of carbonyl (C=O) groups is 3. The first-order valence-corrected chi connectivity index (χ1v) is 9.77. The highest BCUT2D eigenvalue weighted by Gasteiger charge is 2.18. The standard InChI is InChI=1S/C22H27N3O5/c1-4-25(5-2)18-13-11-17(12-14-18)21(27)24-23-20(26)15-29-22(28)16(3)30-19-9-7-6-8-10-19/h6-14,16H,4-5,15H2,1-3H3,(H,23,26)(H,24,27)/t16-/m0/s1. The highest BCUT2D eigenvalue weighted by Crippen LogP contribution is 2.15. The van der Waals surface area contributed by atoms with Gasteiger partial charge >= 0.3 is 5.97 Å². The van der Waals surface area contributed by atoms with E-state index in [1.54, 1.807) is 36.4 Å². The second kappa shape index (κ2) is 11.5. The molecule has 2 amide bonds. The SMILES string of the molecule is CCN(CC)c1ccc(C(=O)NNC(=O)COC(=O)[C@H](C)Oc2ccccc2)cc1. The number of para-hydroxylation sites is 1. The third kappa shape index (κ3) is 6.80. The van der Waals surface area contributed by atoms with Crippen LogP contribution in [0, 0.1) is 0 Å². The van der Waals surface area contributed by atoms with Crippen LogP contribution < -0.4 is 20.5 Å². The van der Waals surface area contributed by atoms with E-state index in [1.807, 2.05) is 18.2 Å². The van der Waals surface area contributed by atoms with Crippen LogP contribution in [0.4, 0.5) is 5.69 Å². The first-order valence-electron chi connectivity index (χ1n) is 9.77. The van der Waals surface area contributed by atoms with Crippen molar-refractivity contribution in [3.05, 3.63) is 60.2 Å². The number of amides is 2. The van der Waals surface area contributed by atoms with E-state index >= 15 is 0 Å². The number of hydrogen-bond acceptors (Lipinski definition) is 6. The van der Waals surface area contributed by atoms with Crippen molar-refractivity contribution in [2.75, 3.05) is 24.6 Å². The number of benzene rings is 2. The van der Waals surface area contributed by atoms with Crippen LogP contribution in [0.3, 0.4) is 0 Å². The zero-order chi connectivity index (χ0) is 21.9. The smallest absolute Gasteiger partial charge is 0.347 e. The van der Waals surface area contributed by atoms with Crippen LogP contribution in [0.1, 0.15) is 31.1 Å². The lowest BCUT2D eigenvalue weighted by Gasteiger charge is -2.21. The molecule has 0 saturated carbocycles. The molecule has 30 heavy (non-hydrogen) atoms. The van der Waals surface area contributed by atoms with Crippen molar-refractivity contribution in [3.63, 3.8) is 0 Å². The van der Waals surface area contributed by atoms with E-state index in [0.717, 1.165) is 18.8 Å². The molecule has 0 fully saturated rings. The summed E-state index contributed by atoms with van der Waals surface area (Å²) < 4.78 is 10.3. The minimum absolute atomic E-state index is 0.396. The molecule has 1 atom stereocenters. The monoisotopic (exact) mass is 413 g/mol. The molecule has 2 N–H and O–H groups in total. The van der Waals surface area contributed by atoms with E-state index in [4.69, 9.17) is 9.47 Å². The molecule has 0 aliphatic rings. The lowest BCUT2D eigenvalue weighted by molar-refractivity contribution is -0.154. The number of hydrazine groups is 1. The molecule has 0 aliphatic carbocycles. The molecule has 0 bridgehead atoms. The van der Waals surface area contributed by atoms with Gasteiger partial charge in [-0.1, -0.05) is 18.2 Å². The van der Waals surface area contributed by atoms with Crippen molar-refractivity contribution in [1.29, 1.82) is 0 Å². The Labute approximate surface area is 176 Å². The van der Waals surface area contributed by atoms with E-state index in [2.05, 4.69) is 29.6 Å². The minimum Gasteiger partial charge on any atom is -0.479 e. The largest absolute Gasteiger partial charge is 0.479 e. The van der Waals surface area contributed by atoms with Gasteiger partial charge in [-0.05, 0) is 57.2 Å². The van der Waals surface area contributed by atoms with Crippen LogP contribution in [-0.4, -0.2) is 43.6 Å². The predicted octanol–water partition coefficient (Wildman–Crippen LogP) is 2.30. The topological polar surface area (TPSA) is 97.0 Å². The maximum absolute atomic E-state index is 12.2. The van der Waals surface area contributed by atoms with Crippen molar-refractivity contribution in [3.8, 4) is 5.75 Å². The predicted molar refractivity (Wildman–Crippen MR) is 113 cm³/mol. The maximum Gasteiger partial charge on any atom is 0.347 e. The zero-order valence-electron chi connectivity index (χ0n) is 17.4. The van der Waals surface area contributed by atoms with Gasteiger partial charge in [0.1, 0.15) is 5.75 Å². The van der Waals surface area contributed by atoms with Crippen molar-refractivity contribution < 1.29 is 23.9 Å². The van der Waals surface area contributed by atoms with Crippen molar-refractivity contribution >= 4 is 23.5 Å². The molecule has 2 aromatic carbocycles. The van der Waals surface area contributed by atoms with Crippen LogP contribution >= 0.6 is 0 Å². The summed E-state index contributed by atoms with van der Waals surface area (Å²) in [5.74, 6) is -1.30. The number of rotatable bonds is 9. The van der Waals surface area contributed by atoms with Crippen molar-refractivity contribution in [2.45, 2.75) is 26.9 Å². The van der Waals surface area contributed by atoms with Gasteiger partial charge in [-0.15, -0.1) is 0 Å². The quantitative estimate of drug-likeness (QED) is 0.484. The van der Waals surface area contributed by atoms with Crippen molar-refractivity contribution in [1.82, 2.24) is 10.9 Å². The number of anilines is 1. The van der Waals surface area contributed by atoms with Gasteiger partial charge in [0.2, 0.25) is 0 Å². The molecule has 0 radical (unpaired) electrons. The Morgan fingerprint density at radius 1 is 0.933 bits per heavy atom. The summed E-state index contributed by atoms with van der Waals surface area (Å²) >= 11 is 0. The van der Waals surface area contributed by atoms with Gasteiger partial charge in [-0.2, -0.15) is 0 Å². The molecular weight excluding hydrogens is 386 g/mol. The van der Waals surface area contributed by atoms with E-state index in [9.17, 15) is 14.4 Å². The average molecular weight is 413 g/mol. The minimum atomic E-state index is -0.876. The Hall–Kier alpha value is -3.55. The summed E-state index contributed by atoms with van der Waals surface area (Å²) in [6.07, 6.45) is -0.876. The molecule has 0 aromatic heterocycles. The highest BCUT2D eigenvalue weighted by molar-refractivity contribution is 5.95. The Morgan fingerprint density at radius 3 is 2.17 bits per heavy atom. The lowest BCUT2D eigenvalue weighted by Crippen LogP contribution is -2.44. The molecule has 8 nitrogen and oxygen atoms in total. The highest BCUT2D eigenvalue weighted by atomic mass is 16.6. The van der Waals surface area contributed by atoms with E-state index < -0.39 is 30.5 Å². The number of nitrogens with zero attached hydrogens (tertiary/aromatic N) is 1. The summed E-state index contributed by atoms with van der Waals surface area (Å²) in [6.45, 7) is 6.83.